The van der Waals surface area contributed by atoms with Crippen molar-refractivity contribution in [3.63, 3.8) is 0 Å². The van der Waals surface area contributed by atoms with E-state index in [1.54, 1.807) is 0 Å². The fraction of sp³-hybridized carbons (Fsp3) is 0.632. The molecule has 2 heterocycles. The van der Waals surface area contributed by atoms with Gasteiger partial charge in [-0.25, -0.2) is 0 Å². The molecule has 0 radical (unpaired) electrons. The molecule has 2 saturated heterocycles. The highest BCUT2D eigenvalue weighted by Crippen LogP contribution is 2.20. The molecule has 24 heavy (non-hydrogen) atoms. The number of carbonyl (C=O) groups excluding carboxylic acids is 1. The molecule has 1 aromatic carbocycles. The van der Waals surface area contributed by atoms with Crippen LogP contribution in [0.5, 0.6) is 0 Å². The second-order valence-electron chi connectivity index (χ2n) is 6.85. The predicted octanol–water partition coefficient (Wildman–Crippen LogP) is 2.51. The van der Waals surface area contributed by atoms with Gasteiger partial charge in [0.2, 0.25) is 0 Å². The van der Waals surface area contributed by atoms with E-state index in [1.807, 2.05) is 29.2 Å². The first-order valence-electron chi connectivity index (χ1n) is 9.12. The van der Waals surface area contributed by atoms with Crippen molar-refractivity contribution in [2.24, 2.45) is 5.92 Å². The van der Waals surface area contributed by atoms with Gasteiger partial charge in [-0.05, 0) is 62.3 Å². The minimum Gasteiger partial charge on any atom is -0.396 e. The van der Waals surface area contributed by atoms with E-state index in [4.69, 9.17) is 4.74 Å². The van der Waals surface area contributed by atoms with E-state index in [2.05, 4.69) is 5.32 Å². The van der Waals surface area contributed by atoms with Gasteiger partial charge in [-0.2, -0.15) is 0 Å². The Hall–Kier alpha value is -1.59. The van der Waals surface area contributed by atoms with Gasteiger partial charge in [0.05, 0.1) is 6.10 Å². The van der Waals surface area contributed by atoms with E-state index in [9.17, 15) is 9.90 Å². The molecule has 1 amide bonds. The monoisotopic (exact) mass is 332 g/mol. The van der Waals surface area contributed by atoms with Crippen molar-refractivity contribution in [2.75, 3.05) is 38.2 Å². The number of hydrogen-bond donors (Lipinski definition) is 2. The van der Waals surface area contributed by atoms with Crippen LogP contribution in [0.4, 0.5) is 5.69 Å². The lowest BCUT2D eigenvalue weighted by Gasteiger charge is -2.31. The number of nitrogens with one attached hydrogen (secondary N) is 1. The molecule has 2 aliphatic heterocycles. The Labute approximate surface area is 144 Å². The van der Waals surface area contributed by atoms with E-state index < -0.39 is 0 Å². The van der Waals surface area contributed by atoms with E-state index in [0.29, 0.717) is 12.0 Å². The fourth-order valence-corrected chi connectivity index (χ4v) is 3.48. The van der Waals surface area contributed by atoms with E-state index in [-0.39, 0.29) is 12.5 Å². The summed E-state index contributed by atoms with van der Waals surface area (Å²) in [6.45, 7) is 3.51. The maximum absolute atomic E-state index is 12.5. The summed E-state index contributed by atoms with van der Waals surface area (Å²) in [5.41, 5.74) is 1.78. The van der Waals surface area contributed by atoms with Crippen molar-refractivity contribution >= 4 is 11.6 Å². The molecule has 5 nitrogen and oxygen atoms in total. The van der Waals surface area contributed by atoms with Crippen molar-refractivity contribution in [3.8, 4) is 0 Å². The number of ether oxygens (including phenoxy) is 1. The van der Waals surface area contributed by atoms with Gasteiger partial charge < -0.3 is 20.1 Å². The number of likely N-dealkylation sites (tertiary alicyclic amines) is 1. The van der Waals surface area contributed by atoms with Crippen LogP contribution in [0, 0.1) is 5.92 Å². The van der Waals surface area contributed by atoms with Crippen LogP contribution >= 0.6 is 0 Å². The average molecular weight is 332 g/mol. The molecule has 5 heteroatoms. The number of anilines is 1. The lowest BCUT2D eigenvalue weighted by Crippen LogP contribution is -2.39. The summed E-state index contributed by atoms with van der Waals surface area (Å²) >= 11 is 0. The zero-order valence-electron chi connectivity index (χ0n) is 14.2. The van der Waals surface area contributed by atoms with Crippen molar-refractivity contribution in [1.82, 2.24) is 4.90 Å². The van der Waals surface area contributed by atoms with Gasteiger partial charge in [0.15, 0.2) is 0 Å². The summed E-state index contributed by atoms with van der Waals surface area (Å²) in [6.07, 6.45) is 5.57. The minimum absolute atomic E-state index is 0.0947. The second kappa shape index (κ2) is 8.49. The zero-order valence-corrected chi connectivity index (χ0v) is 14.2. The summed E-state index contributed by atoms with van der Waals surface area (Å²) in [4.78, 5) is 14.4. The first-order chi connectivity index (χ1) is 11.8. The maximum Gasteiger partial charge on any atom is 0.253 e. The number of aliphatic hydroxyl groups excluding tert-OH is 1. The molecule has 0 unspecified atom stereocenters. The Bertz CT molecular complexity index is 518. The van der Waals surface area contributed by atoms with Crippen molar-refractivity contribution in [3.05, 3.63) is 29.8 Å². The molecule has 0 aliphatic carbocycles. The van der Waals surface area contributed by atoms with Gasteiger partial charge in [-0.3, -0.25) is 4.79 Å². The molecule has 0 spiro atoms. The lowest BCUT2D eigenvalue weighted by atomic mass is 9.97. The zero-order chi connectivity index (χ0) is 16.8. The van der Waals surface area contributed by atoms with E-state index in [1.165, 1.54) is 12.8 Å². The quantitative estimate of drug-likeness (QED) is 0.840. The molecule has 3 rings (SSSR count). The molecule has 1 atom stereocenters. The Morgan fingerprint density at radius 2 is 1.96 bits per heavy atom. The second-order valence-corrected chi connectivity index (χ2v) is 6.85. The number of amides is 1. The van der Waals surface area contributed by atoms with Gasteiger partial charge in [0.1, 0.15) is 0 Å². The molecule has 132 valence electrons. The smallest absolute Gasteiger partial charge is 0.253 e. The molecule has 2 fully saturated rings. The highest BCUT2D eigenvalue weighted by molar-refractivity contribution is 5.94. The molecule has 0 saturated carbocycles. The molecular formula is C19H28N2O3. The number of carbonyl (C=O) groups is 1. The maximum atomic E-state index is 12.5. The summed E-state index contributed by atoms with van der Waals surface area (Å²) in [6, 6.07) is 7.75. The third-order valence-corrected chi connectivity index (χ3v) is 5.11. The van der Waals surface area contributed by atoms with Crippen molar-refractivity contribution in [1.29, 1.82) is 0 Å². The van der Waals surface area contributed by atoms with Crippen LogP contribution in [0.15, 0.2) is 24.3 Å². The van der Waals surface area contributed by atoms with Crippen molar-refractivity contribution < 1.29 is 14.6 Å². The van der Waals surface area contributed by atoms with Gasteiger partial charge in [-0.15, -0.1) is 0 Å². The highest BCUT2D eigenvalue weighted by atomic mass is 16.5. The summed E-state index contributed by atoms with van der Waals surface area (Å²) in [7, 11) is 0. The van der Waals surface area contributed by atoms with Gasteiger partial charge >= 0.3 is 0 Å². The molecule has 0 aromatic heterocycles. The fourth-order valence-electron chi connectivity index (χ4n) is 3.48. The highest BCUT2D eigenvalue weighted by Gasteiger charge is 2.23. The van der Waals surface area contributed by atoms with Crippen LogP contribution in [-0.2, 0) is 4.74 Å². The number of hydrogen-bond acceptors (Lipinski definition) is 4. The molecular weight excluding hydrogens is 304 g/mol. The summed E-state index contributed by atoms with van der Waals surface area (Å²) < 4.78 is 5.62. The SMILES string of the molecule is O=C(c1ccc(NCC[C@@H]2CCCO2)cc1)N1CCC(CO)CC1. The number of nitrogens with zero attached hydrogens (tertiary/aromatic N) is 1. The summed E-state index contributed by atoms with van der Waals surface area (Å²) in [5, 5.41) is 12.6. The van der Waals surface area contributed by atoms with E-state index in [0.717, 1.165) is 56.8 Å². The van der Waals surface area contributed by atoms with E-state index >= 15 is 0 Å². The lowest BCUT2D eigenvalue weighted by molar-refractivity contribution is 0.0651. The first kappa shape index (κ1) is 17.2. The topological polar surface area (TPSA) is 61.8 Å². The number of benzene rings is 1. The standard InChI is InChI=1S/C19H28N2O3/c22-14-15-8-11-21(12-9-15)19(23)16-3-5-17(6-4-16)20-10-7-18-2-1-13-24-18/h3-6,15,18,20,22H,1-2,7-14H2/t18-/m0/s1. The first-order valence-corrected chi connectivity index (χ1v) is 9.12. The Balaban J connectivity index is 1.46. The normalized spacial score (nSPS) is 21.9. The largest absolute Gasteiger partial charge is 0.396 e. The third kappa shape index (κ3) is 4.48. The molecule has 1 aromatic rings. The average Bonchev–Trinajstić information content (AvgIpc) is 3.15. The van der Waals surface area contributed by atoms with Crippen LogP contribution in [0.3, 0.4) is 0 Å². The van der Waals surface area contributed by atoms with Crippen LogP contribution in [0.25, 0.3) is 0 Å². The predicted molar refractivity (Wildman–Crippen MR) is 94.2 cm³/mol. The van der Waals surface area contributed by atoms with Crippen LogP contribution in [-0.4, -0.2) is 54.9 Å². The van der Waals surface area contributed by atoms with Crippen LogP contribution < -0.4 is 5.32 Å². The van der Waals surface area contributed by atoms with Crippen LogP contribution in [0.2, 0.25) is 0 Å². The van der Waals surface area contributed by atoms with Gasteiger partial charge in [0.25, 0.3) is 5.91 Å². The molecule has 0 bridgehead atoms. The van der Waals surface area contributed by atoms with Crippen LogP contribution in [0.1, 0.15) is 42.5 Å². The molecule has 2 N–H and O–H groups in total. The number of piperidine rings is 1. The Morgan fingerprint density at radius 1 is 1.21 bits per heavy atom. The minimum atomic E-state index is 0.0947. The Kier molecular flexibility index (Phi) is 6.10. The van der Waals surface area contributed by atoms with Gasteiger partial charge in [-0.1, -0.05) is 0 Å². The number of aliphatic hydroxyl groups is 1. The summed E-state index contributed by atoms with van der Waals surface area (Å²) in [5.74, 6) is 0.446. The Morgan fingerprint density at radius 3 is 2.58 bits per heavy atom. The van der Waals surface area contributed by atoms with Crippen molar-refractivity contribution in [2.45, 2.75) is 38.2 Å². The number of rotatable bonds is 6. The third-order valence-electron chi connectivity index (χ3n) is 5.11. The van der Waals surface area contributed by atoms with Gasteiger partial charge in [0, 0.05) is 44.1 Å². The molecule has 2 aliphatic rings.